The summed E-state index contributed by atoms with van der Waals surface area (Å²) in [7, 11) is 2.88. The predicted octanol–water partition coefficient (Wildman–Crippen LogP) is 1.45. The fourth-order valence-corrected chi connectivity index (χ4v) is 3.06. The van der Waals surface area contributed by atoms with Crippen molar-refractivity contribution in [2.75, 3.05) is 40.5 Å². The predicted molar refractivity (Wildman–Crippen MR) is 102 cm³/mol. The molecule has 1 amide bonds. The number of nitrogens with two attached hydrogens (primary N) is 1. The number of methoxy groups -OCH3 is 2. The molecular formula is C17H26ClN3O6. The van der Waals surface area contributed by atoms with Gasteiger partial charge in [-0.15, -0.1) is 12.4 Å². The first-order valence-corrected chi connectivity index (χ1v) is 8.43. The number of nitro groups is 1. The molecule has 1 aliphatic rings. The number of benzene rings is 1. The lowest BCUT2D eigenvalue weighted by atomic mass is 9.79. The molecule has 1 aromatic carbocycles. The number of rotatable bonds is 8. The zero-order valence-electron chi connectivity index (χ0n) is 15.5. The number of carbonyl (C=O) groups excluding carboxylic acids is 1. The van der Waals surface area contributed by atoms with Crippen LogP contribution < -0.4 is 20.5 Å². The summed E-state index contributed by atoms with van der Waals surface area (Å²) in [5.41, 5.74) is 5.58. The fourth-order valence-electron chi connectivity index (χ4n) is 3.06. The number of halogens is 1. The van der Waals surface area contributed by atoms with Crippen molar-refractivity contribution in [2.24, 2.45) is 11.1 Å². The van der Waals surface area contributed by atoms with Crippen LogP contribution in [0.15, 0.2) is 12.1 Å². The van der Waals surface area contributed by atoms with E-state index in [1.165, 1.54) is 20.3 Å². The Bertz CT molecular complexity index is 664. The van der Waals surface area contributed by atoms with Crippen molar-refractivity contribution < 1.29 is 23.9 Å². The first-order chi connectivity index (χ1) is 12.5. The molecule has 9 nitrogen and oxygen atoms in total. The van der Waals surface area contributed by atoms with E-state index >= 15 is 0 Å². The summed E-state index contributed by atoms with van der Waals surface area (Å²) in [6.07, 6.45) is 1.44. The molecule has 10 heteroatoms. The average Bonchev–Trinajstić information content (AvgIpc) is 2.67. The molecule has 0 spiro atoms. The van der Waals surface area contributed by atoms with Crippen molar-refractivity contribution in [1.29, 1.82) is 0 Å². The van der Waals surface area contributed by atoms with Crippen molar-refractivity contribution in [3.05, 3.63) is 27.8 Å². The van der Waals surface area contributed by atoms with Gasteiger partial charge in [0.05, 0.1) is 30.6 Å². The second-order valence-electron chi connectivity index (χ2n) is 6.20. The molecule has 0 atom stereocenters. The van der Waals surface area contributed by atoms with Crippen LogP contribution in [0.4, 0.5) is 5.69 Å². The van der Waals surface area contributed by atoms with Crippen LogP contribution in [0.2, 0.25) is 0 Å². The number of nitrogens with zero attached hydrogens (tertiary/aromatic N) is 1. The maximum Gasteiger partial charge on any atom is 0.276 e. The van der Waals surface area contributed by atoms with Gasteiger partial charge in [-0.1, -0.05) is 0 Å². The standard InChI is InChI=1S/C17H25N3O6.ClH/c1-24-14-9-12(13(20(22)23)10-15(14)25-2)3-6-19-16(21)17(11-18)4-7-26-8-5-17;/h9-10H,3-8,11,18H2,1-2H3,(H,19,21);1H. The number of nitro benzene ring substituents is 1. The fraction of sp³-hybridized carbons (Fsp3) is 0.588. The van der Waals surface area contributed by atoms with Crippen LogP contribution >= 0.6 is 12.4 Å². The van der Waals surface area contributed by atoms with Gasteiger partial charge in [0.2, 0.25) is 5.91 Å². The highest BCUT2D eigenvalue weighted by Gasteiger charge is 2.38. The Balaban J connectivity index is 0.00000364. The van der Waals surface area contributed by atoms with E-state index in [-0.39, 0.29) is 42.8 Å². The molecule has 2 rings (SSSR count). The van der Waals surface area contributed by atoms with Crippen molar-refractivity contribution in [3.63, 3.8) is 0 Å². The van der Waals surface area contributed by atoms with E-state index in [0.29, 0.717) is 43.8 Å². The molecule has 1 fully saturated rings. The highest BCUT2D eigenvalue weighted by atomic mass is 35.5. The van der Waals surface area contributed by atoms with Crippen LogP contribution in [-0.4, -0.2) is 51.4 Å². The summed E-state index contributed by atoms with van der Waals surface area (Å²) in [6, 6.07) is 2.89. The number of carbonyl (C=O) groups is 1. The summed E-state index contributed by atoms with van der Waals surface area (Å²) in [5, 5.41) is 14.2. The number of amides is 1. The van der Waals surface area contributed by atoms with E-state index in [9.17, 15) is 14.9 Å². The summed E-state index contributed by atoms with van der Waals surface area (Å²) in [4.78, 5) is 23.4. The lowest BCUT2D eigenvalue weighted by molar-refractivity contribution is -0.385. The van der Waals surface area contributed by atoms with Gasteiger partial charge < -0.3 is 25.3 Å². The molecule has 0 saturated carbocycles. The highest BCUT2D eigenvalue weighted by molar-refractivity contribution is 5.85. The topological polar surface area (TPSA) is 126 Å². The monoisotopic (exact) mass is 403 g/mol. The van der Waals surface area contributed by atoms with Crippen LogP contribution in [0.25, 0.3) is 0 Å². The molecule has 27 heavy (non-hydrogen) atoms. The molecule has 152 valence electrons. The maximum atomic E-state index is 12.6. The van der Waals surface area contributed by atoms with Crippen molar-refractivity contribution in [2.45, 2.75) is 19.3 Å². The van der Waals surface area contributed by atoms with Gasteiger partial charge in [0.15, 0.2) is 11.5 Å². The Morgan fingerprint density at radius 2 is 1.89 bits per heavy atom. The lowest BCUT2D eigenvalue weighted by Crippen LogP contribution is -2.49. The Kier molecular flexibility index (Phi) is 8.74. The Labute approximate surface area is 164 Å². The first kappa shape index (κ1) is 22.9. The van der Waals surface area contributed by atoms with Gasteiger partial charge in [0.25, 0.3) is 5.69 Å². The van der Waals surface area contributed by atoms with Gasteiger partial charge in [-0.25, -0.2) is 0 Å². The van der Waals surface area contributed by atoms with Gasteiger partial charge in [-0.05, 0) is 25.3 Å². The second-order valence-corrected chi connectivity index (χ2v) is 6.20. The molecule has 0 aromatic heterocycles. The minimum atomic E-state index is -0.623. The van der Waals surface area contributed by atoms with Gasteiger partial charge in [-0.2, -0.15) is 0 Å². The molecule has 1 heterocycles. The second kappa shape index (κ2) is 10.3. The molecule has 1 saturated heterocycles. The van der Waals surface area contributed by atoms with Crippen LogP contribution in [0.5, 0.6) is 11.5 Å². The van der Waals surface area contributed by atoms with Gasteiger partial charge >= 0.3 is 0 Å². The summed E-state index contributed by atoms with van der Waals surface area (Å²) < 4.78 is 15.6. The zero-order valence-corrected chi connectivity index (χ0v) is 16.3. The minimum absolute atomic E-state index is 0. The van der Waals surface area contributed by atoms with E-state index in [4.69, 9.17) is 19.9 Å². The quantitative estimate of drug-likeness (QED) is 0.496. The summed E-state index contributed by atoms with van der Waals surface area (Å²) in [6.45, 7) is 1.52. The molecule has 0 unspecified atom stereocenters. The van der Waals surface area contributed by atoms with Gasteiger partial charge in [0.1, 0.15) is 0 Å². The van der Waals surface area contributed by atoms with Gasteiger partial charge in [-0.3, -0.25) is 14.9 Å². The number of nitrogens with one attached hydrogen (secondary N) is 1. The number of ether oxygens (including phenoxy) is 3. The Morgan fingerprint density at radius 3 is 2.41 bits per heavy atom. The van der Waals surface area contributed by atoms with Crippen molar-refractivity contribution in [3.8, 4) is 11.5 Å². The van der Waals surface area contributed by atoms with Crippen LogP contribution in [0.1, 0.15) is 18.4 Å². The number of hydrogen-bond acceptors (Lipinski definition) is 7. The lowest BCUT2D eigenvalue weighted by Gasteiger charge is -2.34. The minimum Gasteiger partial charge on any atom is -0.493 e. The molecule has 0 aliphatic carbocycles. The van der Waals surface area contributed by atoms with Crippen molar-refractivity contribution >= 4 is 24.0 Å². The summed E-state index contributed by atoms with van der Waals surface area (Å²) in [5.74, 6) is 0.560. The third-order valence-corrected chi connectivity index (χ3v) is 4.78. The van der Waals surface area contributed by atoms with E-state index in [1.54, 1.807) is 6.07 Å². The van der Waals surface area contributed by atoms with Crippen LogP contribution in [0.3, 0.4) is 0 Å². The van der Waals surface area contributed by atoms with E-state index in [1.807, 2.05) is 0 Å². The third-order valence-electron chi connectivity index (χ3n) is 4.78. The zero-order chi connectivity index (χ0) is 19.2. The molecular weight excluding hydrogens is 378 g/mol. The van der Waals surface area contributed by atoms with Crippen LogP contribution in [0, 0.1) is 15.5 Å². The molecule has 3 N–H and O–H groups in total. The largest absolute Gasteiger partial charge is 0.493 e. The Morgan fingerprint density at radius 1 is 1.30 bits per heavy atom. The smallest absolute Gasteiger partial charge is 0.276 e. The maximum absolute atomic E-state index is 12.6. The first-order valence-electron chi connectivity index (χ1n) is 8.43. The summed E-state index contributed by atoms with van der Waals surface area (Å²) >= 11 is 0. The molecule has 1 aromatic rings. The third kappa shape index (κ3) is 5.21. The highest BCUT2D eigenvalue weighted by Crippen LogP contribution is 2.35. The molecule has 0 radical (unpaired) electrons. The molecule has 0 bridgehead atoms. The SMILES string of the molecule is COc1cc(CCNC(=O)C2(CN)CCOCC2)c([N+](=O)[O-])cc1OC.Cl. The Hall–Kier alpha value is -2.10. The number of hydrogen-bond donors (Lipinski definition) is 2. The normalized spacial score (nSPS) is 15.4. The van der Waals surface area contributed by atoms with Gasteiger partial charge in [0, 0.05) is 31.9 Å². The van der Waals surface area contributed by atoms with E-state index in [0.717, 1.165) is 0 Å². The van der Waals surface area contributed by atoms with Crippen LogP contribution in [-0.2, 0) is 16.0 Å². The van der Waals surface area contributed by atoms with E-state index in [2.05, 4.69) is 5.32 Å². The van der Waals surface area contributed by atoms with Crippen molar-refractivity contribution in [1.82, 2.24) is 5.32 Å². The average molecular weight is 404 g/mol. The molecule has 1 aliphatic heterocycles. The van der Waals surface area contributed by atoms with E-state index < -0.39 is 10.3 Å².